The van der Waals surface area contributed by atoms with E-state index in [9.17, 15) is 9.18 Å². The second-order valence-corrected chi connectivity index (χ2v) is 8.85. The monoisotopic (exact) mass is 445 g/mol. The van der Waals surface area contributed by atoms with Crippen molar-refractivity contribution in [3.8, 4) is 11.6 Å². The highest BCUT2D eigenvalue weighted by molar-refractivity contribution is 5.91. The average Bonchev–Trinajstić information content (AvgIpc) is 2.75. The van der Waals surface area contributed by atoms with Gasteiger partial charge in [-0.3, -0.25) is 4.79 Å². The summed E-state index contributed by atoms with van der Waals surface area (Å²) in [5, 5.41) is 11.3. The molecular weight excluding hydrogens is 421 g/mol. The van der Waals surface area contributed by atoms with Crippen molar-refractivity contribution in [1.29, 1.82) is 0 Å². The Morgan fingerprint density at radius 1 is 1.09 bits per heavy atom. The summed E-state index contributed by atoms with van der Waals surface area (Å²) in [6.07, 6.45) is 3.25. The maximum absolute atomic E-state index is 13.7. The number of rotatable bonds is 5. The zero-order valence-corrected chi connectivity index (χ0v) is 18.9. The SMILES string of the molecule is Cc1cc(CC(=O)Nc2cc(C(C)(C)C)cnn2)ccc1Oc1ncnc2ccc(F)cc12. The molecule has 2 aromatic heterocycles. The lowest BCUT2D eigenvalue weighted by atomic mass is 9.88. The molecule has 0 saturated carbocycles. The lowest BCUT2D eigenvalue weighted by Gasteiger charge is -2.18. The first-order valence-corrected chi connectivity index (χ1v) is 10.5. The molecule has 33 heavy (non-hydrogen) atoms. The lowest BCUT2D eigenvalue weighted by Crippen LogP contribution is -2.18. The largest absolute Gasteiger partial charge is 0.438 e. The van der Waals surface area contributed by atoms with Crippen LogP contribution < -0.4 is 10.1 Å². The van der Waals surface area contributed by atoms with Crippen LogP contribution >= 0.6 is 0 Å². The molecule has 0 fully saturated rings. The highest BCUT2D eigenvalue weighted by Gasteiger charge is 2.16. The fourth-order valence-corrected chi connectivity index (χ4v) is 3.34. The minimum atomic E-state index is -0.391. The Morgan fingerprint density at radius 3 is 2.67 bits per heavy atom. The molecule has 2 heterocycles. The minimum Gasteiger partial charge on any atom is -0.438 e. The number of hydrogen-bond acceptors (Lipinski definition) is 6. The van der Waals surface area contributed by atoms with E-state index < -0.39 is 5.82 Å². The van der Waals surface area contributed by atoms with Crippen molar-refractivity contribution in [3.63, 3.8) is 0 Å². The van der Waals surface area contributed by atoms with Gasteiger partial charge in [-0.15, -0.1) is 5.10 Å². The van der Waals surface area contributed by atoms with Gasteiger partial charge in [-0.2, -0.15) is 5.10 Å². The smallest absolute Gasteiger partial charge is 0.230 e. The number of carbonyl (C=O) groups excluding carboxylic acids is 1. The van der Waals surface area contributed by atoms with E-state index in [4.69, 9.17) is 4.74 Å². The average molecular weight is 445 g/mol. The van der Waals surface area contributed by atoms with Gasteiger partial charge in [0.05, 0.1) is 23.5 Å². The van der Waals surface area contributed by atoms with Crippen LogP contribution in [0.2, 0.25) is 0 Å². The maximum atomic E-state index is 13.7. The Hall–Kier alpha value is -3.94. The molecule has 2 aromatic carbocycles. The summed E-state index contributed by atoms with van der Waals surface area (Å²) in [5.74, 6) is 0.670. The van der Waals surface area contributed by atoms with Crippen LogP contribution in [0.3, 0.4) is 0 Å². The van der Waals surface area contributed by atoms with Crippen LogP contribution in [0.1, 0.15) is 37.5 Å². The number of anilines is 1. The van der Waals surface area contributed by atoms with Crippen LogP contribution in [0.15, 0.2) is 55.0 Å². The molecule has 8 heteroatoms. The molecule has 0 spiro atoms. The molecule has 0 aliphatic carbocycles. The Kier molecular flexibility index (Phi) is 6.00. The third-order valence-corrected chi connectivity index (χ3v) is 5.16. The van der Waals surface area contributed by atoms with Crippen molar-refractivity contribution < 1.29 is 13.9 Å². The third kappa shape index (κ3) is 5.28. The summed E-state index contributed by atoms with van der Waals surface area (Å²) in [4.78, 5) is 20.8. The second-order valence-electron chi connectivity index (χ2n) is 8.85. The molecule has 0 radical (unpaired) electrons. The van der Waals surface area contributed by atoms with Gasteiger partial charge in [0, 0.05) is 0 Å². The van der Waals surface area contributed by atoms with E-state index in [1.165, 1.54) is 18.5 Å². The van der Waals surface area contributed by atoms with E-state index in [0.717, 1.165) is 16.7 Å². The number of nitrogens with one attached hydrogen (secondary N) is 1. The van der Waals surface area contributed by atoms with Gasteiger partial charge in [0.15, 0.2) is 5.82 Å². The highest BCUT2D eigenvalue weighted by atomic mass is 19.1. The number of halogens is 1. The molecule has 1 amide bonds. The predicted octanol–water partition coefficient (Wildman–Crippen LogP) is 5.14. The fourth-order valence-electron chi connectivity index (χ4n) is 3.34. The van der Waals surface area contributed by atoms with Gasteiger partial charge in [0.2, 0.25) is 11.8 Å². The molecule has 4 aromatic rings. The number of aromatic nitrogens is 4. The van der Waals surface area contributed by atoms with E-state index in [1.54, 1.807) is 18.3 Å². The van der Waals surface area contributed by atoms with Crippen LogP contribution in [0.5, 0.6) is 11.6 Å². The standard InChI is InChI=1S/C25H24FN5O2/c1-15-9-16(10-23(32)30-22-11-17(13-29-31-22)25(2,3)4)5-8-21(15)33-24-19-12-18(26)6-7-20(19)27-14-28-24/h5-9,11-14H,10H2,1-4H3,(H,30,31,32). The van der Waals surface area contributed by atoms with Gasteiger partial charge in [0.1, 0.15) is 17.9 Å². The second kappa shape index (κ2) is 8.90. The van der Waals surface area contributed by atoms with Crippen molar-refractivity contribution in [2.45, 2.75) is 39.5 Å². The lowest BCUT2D eigenvalue weighted by molar-refractivity contribution is -0.115. The van der Waals surface area contributed by atoms with Crippen LogP contribution in [0, 0.1) is 12.7 Å². The molecule has 0 saturated heterocycles. The van der Waals surface area contributed by atoms with Crippen LogP contribution in [0.4, 0.5) is 10.2 Å². The molecule has 168 valence electrons. The molecule has 0 bridgehead atoms. The van der Waals surface area contributed by atoms with Crippen molar-refractivity contribution in [1.82, 2.24) is 20.2 Å². The summed E-state index contributed by atoms with van der Waals surface area (Å²) in [6, 6.07) is 11.5. The summed E-state index contributed by atoms with van der Waals surface area (Å²) in [7, 11) is 0. The summed E-state index contributed by atoms with van der Waals surface area (Å²) in [6.45, 7) is 8.09. The number of amides is 1. The molecule has 1 N–H and O–H groups in total. The van der Waals surface area contributed by atoms with Crippen molar-refractivity contribution >= 4 is 22.6 Å². The first kappa shape index (κ1) is 22.3. The topological polar surface area (TPSA) is 89.9 Å². The Balaban J connectivity index is 1.47. The number of hydrogen-bond donors (Lipinski definition) is 1. The zero-order valence-electron chi connectivity index (χ0n) is 18.9. The number of ether oxygens (including phenoxy) is 1. The zero-order chi connectivity index (χ0) is 23.6. The van der Waals surface area contributed by atoms with Gasteiger partial charge in [-0.05, 0) is 59.4 Å². The van der Waals surface area contributed by atoms with E-state index in [0.29, 0.717) is 22.5 Å². The first-order valence-electron chi connectivity index (χ1n) is 10.5. The fraction of sp³-hybridized carbons (Fsp3) is 0.240. The van der Waals surface area contributed by atoms with E-state index in [-0.39, 0.29) is 23.6 Å². The number of fused-ring (bicyclic) bond motifs is 1. The summed E-state index contributed by atoms with van der Waals surface area (Å²) < 4.78 is 19.6. The van der Waals surface area contributed by atoms with Crippen LogP contribution in [-0.4, -0.2) is 26.1 Å². The van der Waals surface area contributed by atoms with E-state index in [1.807, 2.05) is 25.1 Å². The highest BCUT2D eigenvalue weighted by Crippen LogP contribution is 2.30. The molecule has 0 atom stereocenters. The van der Waals surface area contributed by atoms with Gasteiger partial charge < -0.3 is 10.1 Å². The molecule has 0 unspecified atom stereocenters. The minimum absolute atomic E-state index is 0.0941. The molecule has 7 nitrogen and oxygen atoms in total. The van der Waals surface area contributed by atoms with Crippen molar-refractivity contribution in [3.05, 3.63) is 77.5 Å². The van der Waals surface area contributed by atoms with Gasteiger partial charge in [0.25, 0.3) is 0 Å². The van der Waals surface area contributed by atoms with Crippen molar-refractivity contribution in [2.75, 3.05) is 5.32 Å². The van der Waals surface area contributed by atoms with Crippen molar-refractivity contribution in [2.24, 2.45) is 0 Å². The number of benzene rings is 2. The van der Waals surface area contributed by atoms with E-state index >= 15 is 0 Å². The molecule has 4 rings (SSSR count). The van der Waals surface area contributed by atoms with Crippen LogP contribution in [-0.2, 0) is 16.6 Å². The summed E-state index contributed by atoms with van der Waals surface area (Å²) in [5.41, 5.74) is 3.12. The first-order chi connectivity index (χ1) is 15.7. The number of carbonyl (C=O) groups is 1. The normalized spacial score (nSPS) is 11.4. The maximum Gasteiger partial charge on any atom is 0.230 e. The Bertz CT molecular complexity index is 1330. The van der Waals surface area contributed by atoms with Gasteiger partial charge in [-0.1, -0.05) is 32.9 Å². The predicted molar refractivity (Wildman–Crippen MR) is 124 cm³/mol. The van der Waals surface area contributed by atoms with E-state index in [2.05, 4.69) is 46.3 Å². The third-order valence-electron chi connectivity index (χ3n) is 5.16. The molecule has 0 aliphatic heterocycles. The van der Waals surface area contributed by atoms with Crippen LogP contribution in [0.25, 0.3) is 10.9 Å². The number of nitrogens with zero attached hydrogens (tertiary/aromatic N) is 4. The van der Waals surface area contributed by atoms with Gasteiger partial charge in [-0.25, -0.2) is 14.4 Å². The molecule has 0 aliphatic rings. The van der Waals surface area contributed by atoms with Gasteiger partial charge >= 0.3 is 0 Å². The number of aryl methyl sites for hydroxylation is 1. The Labute approximate surface area is 191 Å². The molecular formula is C25H24FN5O2. The summed E-state index contributed by atoms with van der Waals surface area (Å²) >= 11 is 0. The Morgan fingerprint density at radius 2 is 1.91 bits per heavy atom. The quantitative estimate of drug-likeness (QED) is 0.458.